The number of halogens is 9. The monoisotopic (exact) mass is 354 g/mol. The van der Waals surface area contributed by atoms with Gasteiger partial charge < -0.3 is 5.11 Å². The second-order valence-corrected chi connectivity index (χ2v) is 4.82. The molecule has 0 aromatic heterocycles. The van der Waals surface area contributed by atoms with E-state index in [9.17, 15) is 44.6 Å². The molecule has 1 aromatic rings. The molecule has 132 valence electrons. The molecule has 0 aliphatic carbocycles. The first kappa shape index (κ1) is 19.6. The van der Waals surface area contributed by atoms with Crippen molar-refractivity contribution in [2.45, 2.75) is 42.9 Å². The Labute approximate surface area is 124 Å². The van der Waals surface area contributed by atoms with Crippen molar-refractivity contribution >= 4 is 0 Å². The lowest BCUT2D eigenvalue weighted by atomic mass is 9.96. The van der Waals surface area contributed by atoms with Crippen molar-refractivity contribution in [3.05, 3.63) is 35.9 Å². The van der Waals surface area contributed by atoms with Crippen LogP contribution in [-0.2, 0) is 0 Å². The molecule has 23 heavy (non-hydrogen) atoms. The van der Waals surface area contributed by atoms with Gasteiger partial charge in [-0.15, -0.1) is 0 Å². The van der Waals surface area contributed by atoms with Gasteiger partial charge in [0.25, 0.3) is 0 Å². The molecular weight excluding hydrogens is 343 g/mol. The molecule has 0 saturated heterocycles. The van der Waals surface area contributed by atoms with Crippen LogP contribution >= 0.6 is 0 Å². The molecule has 1 aromatic carbocycles. The normalized spacial score (nSPS) is 15.6. The third-order valence-corrected chi connectivity index (χ3v) is 3.13. The lowest BCUT2D eigenvalue weighted by Crippen LogP contribution is -2.60. The van der Waals surface area contributed by atoms with E-state index in [1.807, 2.05) is 0 Å². The summed E-state index contributed by atoms with van der Waals surface area (Å²) >= 11 is 0. The summed E-state index contributed by atoms with van der Waals surface area (Å²) in [5.74, 6) is -19.2. The van der Waals surface area contributed by atoms with Crippen molar-refractivity contribution in [1.82, 2.24) is 0 Å². The molecule has 0 unspecified atom stereocenters. The zero-order chi connectivity index (χ0) is 18.1. The van der Waals surface area contributed by atoms with Gasteiger partial charge in [-0.25, -0.2) is 0 Å². The van der Waals surface area contributed by atoms with E-state index in [-0.39, 0.29) is 5.56 Å². The number of alkyl halides is 9. The molecule has 1 nitrogen and oxygen atoms in total. The van der Waals surface area contributed by atoms with Crippen LogP contribution in [0.4, 0.5) is 39.5 Å². The van der Waals surface area contributed by atoms with E-state index in [0.29, 0.717) is 0 Å². The summed E-state index contributed by atoms with van der Waals surface area (Å²) in [7, 11) is 0. The zero-order valence-corrected chi connectivity index (χ0v) is 11.2. The van der Waals surface area contributed by atoms with Crippen LogP contribution in [0.1, 0.15) is 24.5 Å². The van der Waals surface area contributed by atoms with E-state index in [0.717, 1.165) is 0 Å². The molecule has 0 radical (unpaired) electrons. The fourth-order valence-corrected chi connectivity index (χ4v) is 1.72. The predicted molar refractivity (Wildman–Crippen MR) is 61.5 cm³/mol. The van der Waals surface area contributed by atoms with E-state index in [4.69, 9.17) is 0 Å². The lowest BCUT2D eigenvalue weighted by molar-refractivity contribution is -0.397. The van der Waals surface area contributed by atoms with Gasteiger partial charge in [-0.1, -0.05) is 30.3 Å². The first-order valence-corrected chi connectivity index (χ1v) is 6.17. The highest BCUT2D eigenvalue weighted by Gasteiger charge is 2.81. The molecular formula is C13H11F9O. The van der Waals surface area contributed by atoms with Crippen molar-refractivity contribution in [2.75, 3.05) is 0 Å². The molecule has 0 heterocycles. The number of hydrogen-bond donors (Lipinski definition) is 1. The third kappa shape index (κ3) is 3.73. The summed E-state index contributed by atoms with van der Waals surface area (Å²) in [5.41, 5.74) is 0.0363. The van der Waals surface area contributed by atoms with E-state index in [1.54, 1.807) is 0 Å². The molecule has 0 spiro atoms. The van der Waals surface area contributed by atoms with Crippen LogP contribution in [0.3, 0.4) is 0 Å². The first-order valence-electron chi connectivity index (χ1n) is 6.17. The molecule has 10 heteroatoms. The van der Waals surface area contributed by atoms with Crippen molar-refractivity contribution < 1.29 is 44.6 Å². The molecule has 0 aliphatic heterocycles. The van der Waals surface area contributed by atoms with Gasteiger partial charge in [0.1, 0.15) is 0 Å². The third-order valence-electron chi connectivity index (χ3n) is 3.13. The summed E-state index contributed by atoms with van der Waals surface area (Å²) in [6.07, 6.45) is -11.7. The Morgan fingerprint density at radius 2 is 1.26 bits per heavy atom. The van der Waals surface area contributed by atoms with Gasteiger partial charge >= 0.3 is 23.9 Å². The molecule has 1 atom stereocenters. The molecule has 0 aliphatic rings. The number of rotatable bonds is 6. The highest BCUT2D eigenvalue weighted by molar-refractivity contribution is 5.17. The van der Waals surface area contributed by atoms with E-state index in [1.165, 1.54) is 30.3 Å². The Bertz CT molecular complexity index is 510. The highest BCUT2D eigenvalue weighted by atomic mass is 19.4. The van der Waals surface area contributed by atoms with Crippen LogP contribution < -0.4 is 0 Å². The van der Waals surface area contributed by atoms with Crippen molar-refractivity contribution in [3.8, 4) is 0 Å². The van der Waals surface area contributed by atoms with E-state index in [2.05, 4.69) is 0 Å². The fraction of sp³-hybridized carbons (Fsp3) is 0.538. The standard InChI is InChI=1S/C13H11F9O/c14-10(15,11(16,17)12(18,19)13(20,21)22)7-6-9(23)8-4-2-1-3-5-8/h1-5,9,23H,6-7H2/t9-/m1/s1. The quantitative estimate of drug-likeness (QED) is 0.716. The fourth-order valence-electron chi connectivity index (χ4n) is 1.72. The van der Waals surface area contributed by atoms with Gasteiger partial charge in [-0.05, 0) is 12.0 Å². The molecule has 1 N–H and O–H groups in total. The number of aliphatic hydroxyl groups is 1. The number of hydrogen-bond acceptors (Lipinski definition) is 1. The smallest absolute Gasteiger partial charge is 0.388 e. The second kappa shape index (κ2) is 6.21. The maximum absolute atomic E-state index is 13.3. The largest absolute Gasteiger partial charge is 0.460 e. The average molecular weight is 354 g/mol. The van der Waals surface area contributed by atoms with Gasteiger partial charge in [-0.2, -0.15) is 39.5 Å². The van der Waals surface area contributed by atoms with Crippen LogP contribution in [0, 0.1) is 0 Å². The maximum atomic E-state index is 13.3. The van der Waals surface area contributed by atoms with Crippen molar-refractivity contribution in [2.24, 2.45) is 0 Å². The van der Waals surface area contributed by atoms with Crippen LogP contribution in [0.5, 0.6) is 0 Å². The summed E-state index contributed by atoms with van der Waals surface area (Å²) in [6, 6.07) is 6.80. The van der Waals surface area contributed by atoms with E-state index < -0.39 is 42.9 Å². The SMILES string of the molecule is O[C@H](CCC(F)(F)C(F)(F)C(F)(F)C(F)(F)F)c1ccccc1. The molecule has 0 saturated carbocycles. The number of benzene rings is 1. The Morgan fingerprint density at radius 1 is 0.783 bits per heavy atom. The minimum atomic E-state index is -6.90. The zero-order valence-electron chi connectivity index (χ0n) is 11.2. The molecule has 0 amide bonds. The van der Waals surface area contributed by atoms with Crippen molar-refractivity contribution in [1.29, 1.82) is 0 Å². The van der Waals surface area contributed by atoms with Crippen LogP contribution in [0.25, 0.3) is 0 Å². The topological polar surface area (TPSA) is 20.2 Å². The van der Waals surface area contributed by atoms with Gasteiger partial charge in [0, 0.05) is 6.42 Å². The van der Waals surface area contributed by atoms with Crippen molar-refractivity contribution in [3.63, 3.8) is 0 Å². The summed E-state index contributed by atoms with van der Waals surface area (Å²) in [5, 5.41) is 9.52. The summed E-state index contributed by atoms with van der Waals surface area (Å²) in [4.78, 5) is 0. The van der Waals surface area contributed by atoms with Crippen LogP contribution in [0.15, 0.2) is 30.3 Å². The van der Waals surface area contributed by atoms with E-state index >= 15 is 0 Å². The average Bonchev–Trinajstić information content (AvgIpc) is 2.44. The van der Waals surface area contributed by atoms with Gasteiger partial charge in [0.05, 0.1) is 6.10 Å². The maximum Gasteiger partial charge on any atom is 0.460 e. The Hall–Kier alpha value is -1.45. The van der Waals surface area contributed by atoms with Gasteiger partial charge in [0.15, 0.2) is 0 Å². The first-order chi connectivity index (χ1) is 10.2. The molecule has 0 bridgehead atoms. The van der Waals surface area contributed by atoms with Gasteiger partial charge in [0.2, 0.25) is 0 Å². The Kier molecular flexibility index (Phi) is 5.30. The minimum absolute atomic E-state index is 0.0363. The van der Waals surface area contributed by atoms with Crippen LogP contribution in [-0.4, -0.2) is 29.1 Å². The number of aliphatic hydroxyl groups excluding tert-OH is 1. The summed E-state index contributed by atoms with van der Waals surface area (Å²) < 4.78 is 114. The Morgan fingerprint density at radius 3 is 1.70 bits per heavy atom. The second-order valence-electron chi connectivity index (χ2n) is 4.82. The predicted octanol–water partition coefficient (Wildman–Crippen LogP) is 4.97. The molecule has 0 fully saturated rings. The lowest BCUT2D eigenvalue weighted by Gasteiger charge is -2.34. The summed E-state index contributed by atoms with van der Waals surface area (Å²) in [6.45, 7) is 0. The highest BCUT2D eigenvalue weighted by Crippen LogP contribution is 2.54. The Balaban J connectivity index is 2.90. The van der Waals surface area contributed by atoms with Crippen LogP contribution in [0.2, 0.25) is 0 Å². The minimum Gasteiger partial charge on any atom is -0.388 e. The molecule has 1 rings (SSSR count). The van der Waals surface area contributed by atoms with Gasteiger partial charge in [-0.3, -0.25) is 0 Å².